The molecule has 1 atom stereocenters. The second-order valence-electron chi connectivity index (χ2n) is 5.54. The SMILES string of the molecule is FCCn1ncnc1CN1CCCC1/C=C/c1ccccc1. The van der Waals surface area contributed by atoms with E-state index < -0.39 is 6.67 Å². The molecule has 0 aliphatic carbocycles. The van der Waals surface area contributed by atoms with E-state index in [1.54, 1.807) is 4.68 Å². The summed E-state index contributed by atoms with van der Waals surface area (Å²) in [6.45, 7) is 1.65. The summed E-state index contributed by atoms with van der Waals surface area (Å²) < 4.78 is 14.2. The van der Waals surface area contributed by atoms with Crippen LogP contribution in [0, 0.1) is 0 Å². The minimum absolute atomic E-state index is 0.285. The van der Waals surface area contributed by atoms with Crippen LogP contribution in [0.15, 0.2) is 42.7 Å². The lowest BCUT2D eigenvalue weighted by molar-refractivity contribution is 0.266. The molecule has 1 fully saturated rings. The Kier molecular flexibility index (Phi) is 4.96. The summed E-state index contributed by atoms with van der Waals surface area (Å²) >= 11 is 0. The lowest BCUT2D eigenvalue weighted by Gasteiger charge is -2.21. The summed E-state index contributed by atoms with van der Waals surface area (Å²) in [4.78, 5) is 6.66. The van der Waals surface area contributed by atoms with E-state index in [2.05, 4.69) is 39.3 Å². The molecule has 5 heteroatoms. The van der Waals surface area contributed by atoms with E-state index in [4.69, 9.17) is 0 Å². The van der Waals surface area contributed by atoms with E-state index >= 15 is 0 Å². The largest absolute Gasteiger partial charge is 0.289 e. The van der Waals surface area contributed by atoms with E-state index in [0.29, 0.717) is 6.04 Å². The Bertz CT molecular complexity index is 608. The molecule has 0 radical (unpaired) electrons. The van der Waals surface area contributed by atoms with Crippen molar-refractivity contribution in [3.05, 3.63) is 54.1 Å². The highest BCUT2D eigenvalue weighted by atomic mass is 19.1. The summed E-state index contributed by atoms with van der Waals surface area (Å²) in [5.41, 5.74) is 1.22. The van der Waals surface area contributed by atoms with Gasteiger partial charge in [0.1, 0.15) is 18.8 Å². The molecule has 22 heavy (non-hydrogen) atoms. The Morgan fingerprint density at radius 1 is 1.27 bits per heavy atom. The monoisotopic (exact) mass is 300 g/mol. The van der Waals surface area contributed by atoms with Crippen molar-refractivity contribution in [2.45, 2.75) is 32.0 Å². The van der Waals surface area contributed by atoms with Gasteiger partial charge in [-0.1, -0.05) is 42.5 Å². The standard InChI is InChI=1S/C17H21FN4/c18-10-12-22-17(19-14-20-22)13-21-11-4-7-16(21)9-8-15-5-2-1-3-6-15/h1-3,5-6,8-9,14,16H,4,7,10-13H2/b9-8+. The molecule has 4 nitrogen and oxygen atoms in total. The lowest BCUT2D eigenvalue weighted by Crippen LogP contribution is -2.29. The van der Waals surface area contributed by atoms with Crippen LogP contribution in [0.25, 0.3) is 6.08 Å². The van der Waals surface area contributed by atoms with Gasteiger partial charge in [-0.25, -0.2) is 14.1 Å². The fourth-order valence-electron chi connectivity index (χ4n) is 2.91. The molecule has 0 N–H and O–H groups in total. The zero-order chi connectivity index (χ0) is 15.2. The van der Waals surface area contributed by atoms with Crippen LogP contribution in [0.2, 0.25) is 0 Å². The molecule has 0 spiro atoms. The first-order valence-corrected chi connectivity index (χ1v) is 7.77. The molecule has 1 aliphatic rings. The van der Waals surface area contributed by atoms with E-state index in [1.807, 2.05) is 18.2 Å². The summed E-state index contributed by atoms with van der Waals surface area (Å²) in [6, 6.07) is 10.7. The third-order valence-electron chi connectivity index (χ3n) is 4.06. The van der Waals surface area contributed by atoms with Crippen molar-refractivity contribution in [1.82, 2.24) is 19.7 Å². The van der Waals surface area contributed by atoms with Crippen LogP contribution >= 0.6 is 0 Å². The van der Waals surface area contributed by atoms with Crippen molar-refractivity contribution in [1.29, 1.82) is 0 Å². The van der Waals surface area contributed by atoms with Crippen molar-refractivity contribution >= 4 is 6.08 Å². The molecule has 2 heterocycles. The molecule has 0 bridgehead atoms. The predicted octanol–water partition coefficient (Wildman–Crippen LogP) is 2.93. The lowest BCUT2D eigenvalue weighted by atomic mass is 10.1. The smallest absolute Gasteiger partial charge is 0.141 e. The molecule has 0 amide bonds. The first kappa shape index (κ1) is 14.9. The molecule has 116 valence electrons. The summed E-state index contributed by atoms with van der Waals surface area (Å²) in [5.74, 6) is 0.845. The van der Waals surface area contributed by atoms with Crippen molar-refractivity contribution in [2.75, 3.05) is 13.2 Å². The predicted molar refractivity (Wildman–Crippen MR) is 84.9 cm³/mol. The summed E-state index contributed by atoms with van der Waals surface area (Å²) in [7, 11) is 0. The molecule has 3 rings (SSSR count). The number of aryl methyl sites for hydroxylation is 1. The van der Waals surface area contributed by atoms with Crippen molar-refractivity contribution in [3.8, 4) is 0 Å². The molecule has 1 aromatic heterocycles. The third-order valence-corrected chi connectivity index (χ3v) is 4.06. The number of nitrogens with zero attached hydrogens (tertiary/aromatic N) is 4. The van der Waals surface area contributed by atoms with Gasteiger partial charge in [0.25, 0.3) is 0 Å². The van der Waals surface area contributed by atoms with Crippen LogP contribution < -0.4 is 0 Å². The van der Waals surface area contributed by atoms with Crippen LogP contribution in [0.1, 0.15) is 24.2 Å². The second kappa shape index (κ2) is 7.31. The van der Waals surface area contributed by atoms with E-state index in [0.717, 1.165) is 25.3 Å². The number of hydrogen-bond donors (Lipinski definition) is 0. The number of likely N-dealkylation sites (tertiary alicyclic amines) is 1. The van der Waals surface area contributed by atoms with Gasteiger partial charge >= 0.3 is 0 Å². The van der Waals surface area contributed by atoms with Crippen LogP contribution in [-0.4, -0.2) is 38.9 Å². The maximum atomic E-state index is 12.5. The van der Waals surface area contributed by atoms with Crippen LogP contribution in [-0.2, 0) is 13.1 Å². The zero-order valence-electron chi connectivity index (χ0n) is 12.6. The van der Waals surface area contributed by atoms with Gasteiger partial charge < -0.3 is 0 Å². The first-order valence-electron chi connectivity index (χ1n) is 7.77. The topological polar surface area (TPSA) is 34.0 Å². The molecule has 1 unspecified atom stereocenters. The minimum atomic E-state index is -0.409. The second-order valence-corrected chi connectivity index (χ2v) is 5.54. The maximum absolute atomic E-state index is 12.5. The van der Waals surface area contributed by atoms with Crippen LogP contribution in [0.5, 0.6) is 0 Å². The van der Waals surface area contributed by atoms with Gasteiger partial charge in [-0.2, -0.15) is 5.10 Å². The van der Waals surface area contributed by atoms with Gasteiger partial charge in [0.05, 0.1) is 13.1 Å². The van der Waals surface area contributed by atoms with Gasteiger partial charge in [0.2, 0.25) is 0 Å². The highest BCUT2D eigenvalue weighted by Gasteiger charge is 2.23. The highest BCUT2D eigenvalue weighted by Crippen LogP contribution is 2.21. The zero-order valence-corrected chi connectivity index (χ0v) is 12.6. The molecule has 2 aromatic rings. The molecule has 0 saturated carbocycles. The normalized spacial score (nSPS) is 19.2. The summed E-state index contributed by atoms with van der Waals surface area (Å²) in [6.07, 6.45) is 8.28. The van der Waals surface area contributed by atoms with Crippen LogP contribution in [0.3, 0.4) is 0 Å². The summed E-state index contributed by atoms with van der Waals surface area (Å²) in [5, 5.41) is 4.09. The Hall–Kier alpha value is -2.01. The van der Waals surface area contributed by atoms with Gasteiger partial charge in [-0.05, 0) is 24.9 Å². The fraction of sp³-hybridized carbons (Fsp3) is 0.412. The Balaban J connectivity index is 1.65. The van der Waals surface area contributed by atoms with E-state index in [1.165, 1.54) is 18.3 Å². The number of halogens is 1. The molecule has 1 saturated heterocycles. The number of alkyl halides is 1. The number of hydrogen-bond acceptors (Lipinski definition) is 3. The quantitative estimate of drug-likeness (QED) is 0.822. The number of benzene rings is 1. The maximum Gasteiger partial charge on any atom is 0.141 e. The Morgan fingerprint density at radius 3 is 2.95 bits per heavy atom. The van der Waals surface area contributed by atoms with Crippen LogP contribution in [0.4, 0.5) is 4.39 Å². The third kappa shape index (κ3) is 3.60. The average Bonchev–Trinajstić information content (AvgIpc) is 3.17. The van der Waals surface area contributed by atoms with E-state index in [9.17, 15) is 4.39 Å². The Morgan fingerprint density at radius 2 is 2.14 bits per heavy atom. The number of aromatic nitrogens is 3. The molecular weight excluding hydrogens is 279 g/mol. The van der Waals surface area contributed by atoms with Gasteiger partial charge in [-0.3, -0.25) is 4.90 Å². The first-order chi connectivity index (χ1) is 10.9. The molecular formula is C17H21FN4. The molecule has 1 aliphatic heterocycles. The molecule has 1 aromatic carbocycles. The van der Waals surface area contributed by atoms with Gasteiger partial charge in [-0.15, -0.1) is 0 Å². The van der Waals surface area contributed by atoms with Gasteiger partial charge in [0, 0.05) is 6.04 Å². The van der Waals surface area contributed by atoms with Crippen molar-refractivity contribution in [3.63, 3.8) is 0 Å². The average molecular weight is 300 g/mol. The van der Waals surface area contributed by atoms with Crippen molar-refractivity contribution in [2.24, 2.45) is 0 Å². The number of rotatable bonds is 6. The van der Waals surface area contributed by atoms with E-state index in [-0.39, 0.29) is 6.54 Å². The minimum Gasteiger partial charge on any atom is -0.289 e. The fourth-order valence-corrected chi connectivity index (χ4v) is 2.91. The van der Waals surface area contributed by atoms with Gasteiger partial charge in [0.15, 0.2) is 0 Å². The van der Waals surface area contributed by atoms with Crippen molar-refractivity contribution < 1.29 is 4.39 Å². The Labute approximate surface area is 130 Å². The highest BCUT2D eigenvalue weighted by molar-refractivity contribution is 5.49.